The van der Waals surface area contributed by atoms with Crippen LogP contribution in [0.15, 0.2) is 40.8 Å². The van der Waals surface area contributed by atoms with Gasteiger partial charge >= 0.3 is 5.97 Å². The lowest BCUT2D eigenvalue weighted by atomic mass is 10.1. The summed E-state index contributed by atoms with van der Waals surface area (Å²) in [4.78, 5) is 28.5. The van der Waals surface area contributed by atoms with E-state index in [1.165, 1.54) is 24.6 Å². The Balaban J connectivity index is 2.25. The molecule has 22 heavy (non-hydrogen) atoms. The predicted octanol–water partition coefficient (Wildman–Crippen LogP) is 3.42. The monoisotopic (exact) mass is 334 g/mol. The molecular weight excluding hydrogens is 324 g/mol. The molecule has 1 N–H and O–H groups in total. The van der Waals surface area contributed by atoms with E-state index >= 15 is 0 Å². The zero-order valence-corrected chi connectivity index (χ0v) is 13.1. The summed E-state index contributed by atoms with van der Waals surface area (Å²) in [5.74, 6) is -1.08. The number of nitrogens with zero attached hydrogens (tertiary/aromatic N) is 2. The molecule has 0 saturated carbocycles. The highest BCUT2D eigenvalue weighted by Gasteiger charge is 2.19. The Morgan fingerprint density at radius 2 is 2.05 bits per heavy atom. The molecule has 5 nitrogen and oxygen atoms in total. The van der Waals surface area contributed by atoms with Gasteiger partial charge in [0.15, 0.2) is 0 Å². The van der Waals surface area contributed by atoms with Crippen LogP contribution in [0.3, 0.4) is 0 Å². The summed E-state index contributed by atoms with van der Waals surface area (Å²) >= 11 is 7.23. The third-order valence-electron chi connectivity index (χ3n) is 3.45. The Labute approximate surface area is 134 Å². The van der Waals surface area contributed by atoms with Crippen molar-refractivity contribution in [2.45, 2.75) is 13.0 Å². The Hall–Kier alpha value is -2.18. The molecule has 0 bridgehead atoms. The predicted molar refractivity (Wildman–Crippen MR) is 86.7 cm³/mol. The summed E-state index contributed by atoms with van der Waals surface area (Å²) in [6.45, 7) is 1.45. The van der Waals surface area contributed by atoms with E-state index in [-0.39, 0.29) is 5.56 Å². The van der Waals surface area contributed by atoms with Gasteiger partial charge in [0, 0.05) is 16.0 Å². The first-order valence-electron chi connectivity index (χ1n) is 6.46. The van der Waals surface area contributed by atoms with Crippen molar-refractivity contribution in [3.05, 3.63) is 51.3 Å². The van der Waals surface area contributed by atoms with Crippen LogP contribution in [-0.4, -0.2) is 20.6 Å². The first-order chi connectivity index (χ1) is 10.5. The van der Waals surface area contributed by atoms with Gasteiger partial charge in [-0.1, -0.05) is 23.7 Å². The molecule has 0 fully saturated rings. The first kappa shape index (κ1) is 14.7. The summed E-state index contributed by atoms with van der Waals surface area (Å²) in [6.07, 6.45) is 1.28. The molecule has 1 aromatic carbocycles. The SMILES string of the molecule is C[C@H](C(=O)O)n1cnc2scc(-c3ccc(Cl)cc3)c2c1=O. The fraction of sp³-hybridized carbons (Fsp3) is 0.133. The van der Waals surface area contributed by atoms with Crippen LogP contribution < -0.4 is 5.56 Å². The number of aliphatic carboxylic acids is 1. The highest BCUT2D eigenvalue weighted by atomic mass is 35.5. The standard InChI is InChI=1S/C15H11ClN2O3S/c1-8(15(20)21)18-7-17-13-12(14(18)19)11(6-22-13)9-2-4-10(16)5-3-9/h2-8H,1H3,(H,20,21)/t8-/m1/s1. The van der Waals surface area contributed by atoms with Crippen molar-refractivity contribution >= 4 is 39.1 Å². The van der Waals surface area contributed by atoms with Crippen molar-refractivity contribution in [2.24, 2.45) is 0 Å². The van der Waals surface area contributed by atoms with Crippen molar-refractivity contribution in [2.75, 3.05) is 0 Å². The minimum Gasteiger partial charge on any atom is -0.480 e. The number of hydrogen-bond acceptors (Lipinski definition) is 4. The van der Waals surface area contributed by atoms with Crippen molar-refractivity contribution in [1.29, 1.82) is 0 Å². The van der Waals surface area contributed by atoms with E-state index in [9.17, 15) is 9.59 Å². The molecule has 2 heterocycles. The molecule has 0 spiro atoms. The van der Waals surface area contributed by atoms with Crippen LogP contribution in [0.5, 0.6) is 0 Å². The largest absolute Gasteiger partial charge is 0.480 e. The number of carboxylic acid groups (broad SMARTS) is 1. The van der Waals surface area contributed by atoms with Gasteiger partial charge in [-0.05, 0) is 24.6 Å². The zero-order chi connectivity index (χ0) is 15.9. The van der Waals surface area contributed by atoms with E-state index in [1.807, 2.05) is 17.5 Å². The van der Waals surface area contributed by atoms with E-state index in [0.29, 0.717) is 15.2 Å². The number of benzene rings is 1. The van der Waals surface area contributed by atoms with Crippen molar-refractivity contribution in [1.82, 2.24) is 9.55 Å². The zero-order valence-electron chi connectivity index (χ0n) is 11.5. The quantitative estimate of drug-likeness (QED) is 0.796. The molecule has 3 aromatic rings. The molecule has 112 valence electrons. The number of rotatable bonds is 3. The number of aromatic nitrogens is 2. The van der Waals surface area contributed by atoms with E-state index in [4.69, 9.17) is 16.7 Å². The van der Waals surface area contributed by atoms with E-state index < -0.39 is 12.0 Å². The Bertz CT molecular complexity index is 915. The second-order valence-corrected chi connectivity index (χ2v) is 6.10. The summed E-state index contributed by atoms with van der Waals surface area (Å²) in [5, 5.41) is 12.0. The summed E-state index contributed by atoms with van der Waals surface area (Å²) in [7, 11) is 0. The Morgan fingerprint density at radius 1 is 1.36 bits per heavy atom. The average molecular weight is 335 g/mol. The van der Waals surface area contributed by atoms with Crippen LogP contribution in [0.1, 0.15) is 13.0 Å². The minimum atomic E-state index is -1.08. The minimum absolute atomic E-state index is 0.355. The summed E-state index contributed by atoms with van der Waals surface area (Å²) < 4.78 is 1.14. The molecule has 3 rings (SSSR count). The number of hydrogen-bond donors (Lipinski definition) is 1. The van der Waals surface area contributed by atoms with Crippen LogP contribution in [0.25, 0.3) is 21.3 Å². The lowest BCUT2D eigenvalue weighted by molar-refractivity contribution is -0.140. The molecule has 0 saturated heterocycles. The van der Waals surface area contributed by atoms with E-state index in [0.717, 1.165) is 15.7 Å². The lowest BCUT2D eigenvalue weighted by Gasteiger charge is -2.10. The highest BCUT2D eigenvalue weighted by Crippen LogP contribution is 2.31. The molecule has 1 atom stereocenters. The normalized spacial score (nSPS) is 12.5. The third-order valence-corrected chi connectivity index (χ3v) is 4.59. The molecule has 7 heteroatoms. The van der Waals surface area contributed by atoms with Gasteiger partial charge in [-0.15, -0.1) is 11.3 Å². The van der Waals surface area contributed by atoms with Crippen molar-refractivity contribution in [3.8, 4) is 11.1 Å². The maximum absolute atomic E-state index is 12.6. The lowest BCUT2D eigenvalue weighted by Crippen LogP contribution is -2.28. The topological polar surface area (TPSA) is 72.2 Å². The van der Waals surface area contributed by atoms with Crippen LogP contribution >= 0.6 is 22.9 Å². The van der Waals surface area contributed by atoms with Gasteiger partial charge in [-0.2, -0.15) is 0 Å². The molecule has 0 radical (unpaired) electrons. The second-order valence-electron chi connectivity index (χ2n) is 4.81. The Kier molecular flexibility index (Phi) is 3.72. The van der Waals surface area contributed by atoms with Crippen LogP contribution in [0.2, 0.25) is 5.02 Å². The average Bonchev–Trinajstić information content (AvgIpc) is 2.92. The molecule has 0 aliphatic carbocycles. The first-order valence-corrected chi connectivity index (χ1v) is 7.72. The molecule has 0 amide bonds. The van der Waals surface area contributed by atoms with Gasteiger partial charge in [-0.3, -0.25) is 9.36 Å². The van der Waals surface area contributed by atoms with Gasteiger partial charge in [0.05, 0.1) is 11.7 Å². The molecule has 0 unspecified atom stereocenters. The van der Waals surface area contributed by atoms with Crippen LogP contribution in [0.4, 0.5) is 0 Å². The molecule has 0 aliphatic heterocycles. The number of carbonyl (C=O) groups is 1. The van der Waals surface area contributed by atoms with Gasteiger partial charge in [0.2, 0.25) is 0 Å². The maximum Gasteiger partial charge on any atom is 0.326 e. The smallest absolute Gasteiger partial charge is 0.326 e. The Morgan fingerprint density at radius 3 is 2.68 bits per heavy atom. The van der Waals surface area contributed by atoms with Crippen LogP contribution in [-0.2, 0) is 4.79 Å². The van der Waals surface area contributed by atoms with Crippen LogP contribution in [0, 0.1) is 0 Å². The number of thiophene rings is 1. The molecule has 2 aromatic heterocycles. The van der Waals surface area contributed by atoms with Crippen molar-refractivity contribution in [3.63, 3.8) is 0 Å². The van der Waals surface area contributed by atoms with Crippen molar-refractivity contribution < 1.29 is 9.90 Å². The second kappa shape index (κ2) is 5.55. The summed E-state index contributed by atoms with van der Waals surface area (Å²) in [5.41, 5.74) is 1.22. The highest BCUT2D eigenvalue weighted by molar-refractivity contribution is 7.17. The number of fused-ring (bicyclic) bond motifs is 1. The number of halogens is 1. The van der Waals surface area contributed by atoms with Gasteiger partial charge in [-0.25, -0.2) is 9.78 Å². The molecule has 0 aliphatic rings. The van der Waals surface area contributed by atoms with Gasteiger partial charge in [0.1, 0.15) is 10.9 Å². The fourth-order valence-corrected chi connectivity index (χ4v) is 3.21. The number of carboxylic acids is 1. The third kappa shape index (κ3) is 2.40. The van der Waals surface area contributed by atoms with Gasteiger partial charge in [0.25, 0.3) is 5.56 Å². The maximum atomic E-state index is 12.6. The molecular formula is C15H11ClN2O3S. The van der Waals surface area contributed by atoms with Gasteiger partial charge < -0.3 is 5.11 Å². The van der Waals surface area contributed by atoms with E-state index in [1.54, 1.807) is 12.1 Å². The fourth-order valence-electron chi connectivity index (χ4n) is 2.18. The van der Waals surface area contributed by atoms with E-state index in [2.05, 4.69) is 4.98 Å². The summed E-state index contributed by atoms with van der Waals surface area (Å²) in [6, 6.07) is 6.16.